The minimum Gasteiger partial charge on any atom is -0.456 e. The van der Waals surface area contributed by atoms with Crippen molar-refractivity contribution >= 4 is 40.1 Å². The van der Waals surface area contributed by atoms with Crippen LogP contribution in [0.4, 0.5) is 9.80 Å². The molecular formula is C29H40N4O3S2. The van der Waals surface area contributed by atoms with Crippen LogP contribution >= 0.6 is 23.1 Å². The van der Waals surface area contributed by atoms with E-state index in [-0.39, 0.29) is 23.3 Å². The molecular weight excluding hydrogens is 516 g/mol. The van der Waals surface area contributed by atoms with Crippen LogP contribution in [0.15, 0.2) is 35.0 Å². The maximum Gasteiger partial charge on any atom is 0.341 e. The molecule has 206 valence electrons. The zero-order valence-corrected chi connectivity index (χ0v) is 24.9. The molecule has 0 fully saturated rings. The van der Waals surface area contributed by atoms with Crippen LogP contribution in [0.2, 0.25) is 0 Å². The third kappa shape index (κ3) is 5.70. The molecule has 1 aliphatic carbocycles. The maximum atomic E-state index is 13.3. The molecule has 2 aliphatic heterocycles. The Morgan fingerprint density at radius 2 is 1.92 bits per heavy atom. The Balaban J connectivity index is 1.35. The van der Waals surface area contributed by atoms with Crippen molar-refractivity contribution < 1.29 is 14.3 Å². The molecule has 38 heavy (non-hydrogen) atoms. The van der Waals surface area contributed by atoms with E-state index in [4.69, 9.17) is 4.74 Å². The average molecular weight is 557 g/mol. The highest BCUT2D eigenvalue weighted by Gasteiger charge is 2.39. The second kappa shape index (κ2) is 10.7. The van der Waals surface area contributed by atoms with Gasteiger partial charge in [0, 0.05) is 47.7 Å². The number of rotatable bonds is 5. The standard InChI is InChI=1S/C29H40N4O3S2/c1-17-13-18(2)24-20(14-17)23(27(34)36-29(3,4)5)25(38-24)31-28(35)30-15-21-19-9-12-32(6)16-22(19)37-26(21)33-10-7-8-11-33/h7-8,10-11,17-18,21,26H,9,12-16H2,1-6H3,(H2,30,31,35). The topological polar surface area (TPSA) is 75.6 Å². The number of thioether (sulfide) groups is 1. The Labute approximate surface area is 234 Å². The fourth-order valence-corrected chi connectivity index (χ4v) is 8.96. The monoisotopic (exact) mass is 556 g/mol. The molecule has 2 aromatic heterocycles. The number of hydrogen-bond acceptors (Lipinski definition) is 6. The smallest absolute Gasteiger partial charge is 0.341 e. The number of fused-ring (bicyclic) bond motifs is 1. The fraction of sp³-hybridized carbons (Fsp3) is 0.586. The number of thiophene rings is 1. The first-order valence-electron chi connectivity index (χ1n) is 13.6. The summed E-state index contributed by atoms with van der Waals surface area (Å²) in [5.41, 5.74) is 2.45. The lowest BCUT2D eigenvalue weighted by Crippen LogP contribution is -2.36. The maximum absolute atomic E-state index is 13.3. The first kappa shape index (κ1) is 27.3. The molecule has 0 saturated carbocycles. The summed E-state index contributed by atoms with van der Waals surface area (Å²) in [5, 5.41) is 7.04. The number of aromatic nitrogens is 1. The lowest BCUT2D eigenvalue weighted by molar-refractivity contribution is 0.00697. The number of carbonyl (C=O) groups is 2. The molecule has 2 aromatic rings. The predicted molar refractivity (Wildman–Crippen MR) is 156 cm³/mol. The van der Waals surface area contributed by atoms with E-state index in [0.29, 0.717) is 28.9 Å². The van der Waals surface area contributed by atoms with Gasteiger partial charge in [-0.05, 0) is 76.6 Å². The van der Waals surface area contributed by atoms with Crippen molar-refractivity contribution in [3.63, 3.8) is 0 Å². The SMILES string of the molecule is CC1Cc2c(sc(NC(=O)NCC3C4=C(CN(C)CC4)SC3n3cccc3)c2C(=O)OC(C)(C)C)C(C)C1. The number of ether oxygens (including phenoxy) is 1. The highest BCUT2D eigenvalue weighted by molar-refractivity contribution is 8.03. The first-order valence-corrected chi connectivity index (χ1v) is 15.3. The second-order valence-electron chi connectivity index (χ2n) is 12.1. The summed E-state index contributed by atoms with van der Waals surface area (Å²) >= 11 is 3.45. The van der Waals surface area contributed by atoms with E-state index in [2.05, 4.69) is 65.5 Å². The summed E-state index contributed by atoms with van der Waals surface area (Å²) in [6.45, 7) is 12.6. The fourth-order valence-electron chi connectivity index (χ4n) is 6.00. The number of urea groups is 1. The average Bonchev–Trinajstić information content (AvgIpc) is 3.53. The van der Waals surface area contributed by atoms with Crippen molar-refractivity contribution in [1.82, 2.24) is 14.8 Å². The molecule has 9 heteroatoms. The molecule has 0 aromatic carbocycles. The summed E-state index contributed by atoms with van der Waals surface area (Å²) in [6, 6.07) is 3.84. The Morgan fingerprint density at radius 1 is 1.18 bits per heavy atom. The quantitative estimate of drug-likeness (QED) is 0.413. The van der Waals surface area contributed by atoms with Crippen LogP contribution in [-0.4, -0.2) is 53.8 Å². The van der Waals surface area contributed by atoms with E-state index in [0.717, 1.165) is 37.9 Å². The van der Waals surface area contributed by atoms with Crippen molar-refractivity contribution in [1.29, 1.82) is 0 Å². The number of anilines is 1. The third-order valence-corrected chi connectivity index (χ3v) is 10.5. The molecule has 5 rings (SSSR count). The number of likely N-dealkylation sites (N-methyl/N-ethyl adjacent to an activating group) is 1. The highest BCUT2D eigenvalue weighted by Crippen LogP contribution is 2.51. The van der Waals surface area contributed by atoms with Gasteiger partial charge in [0.25, 0.3) is 0 Å². The normalized spacial score (nSPS) is 25.6. The number of nitrogens with one attached hydrogen (secondary N) is 2. The minimum absolute atomic E-state index is 0.226. The van der Waals surface area contributed by atoms with Gasteiger partial charge in [-0.1, -0.05) is 19.4 Å². The van der Waals surface area contributed by atoms with Gasteiger partial charge in [0.1, 0.15) is 10.6 Å². The van der Waals surface area contributed by atoms with Crippen molar-refractivity contribution in [2.75, 3.05) is 32.0 Å². The summed E-state index contributed by atoms with van der Waals surface area (Å²) in [4.78, 5) is 31.6. The Morgan fingerprint density at radius 3 is 2.63 bits per heavy atom. The molecule has 0 saturated heterocycles. The number of nitrogens with zero attached hydrogens (tertiary/aromatic N) is 2. The molecule has 4 atom stereocenters. The van der Waals surface area contributed by atoms with Gasteiger partial charge >= 0.3 is 12.0 Å². The van der Waals surface area contributed by atoms with Crippen LogP contribution in [0.25, 0.3) is 0 Å². The van der Waals surface area contributed by atoms with Gasteiger partial charge < -0.3 is 19.5 Å². The van der Waals surface area contributed by atoms with Crippen molar-refractivity contribution in [3.05, 3.63) is 51.0 Å². The summed E-state index contributed by atoms with van der Waals surface area (Å²) in [7, 11) is 2.17. The van der Waals surface area contributed by atoms with Gasteiger partial charge in [-0.25, -0.2) is 9.59 Å². The van der Waals surface area contributed by atoms with Gasteiger partial charge in [-0.3, -0.25) is 5.32 Å². The minimum atomic E-state index is -0.607. The van der Waals surface area contributed by atoms with Crippen molar-refractivity contribution in [3.8, 4) is 0 Å². The van der Waals surface area contributed by atoms with Crippen LogP contribution in [0, 0.1) is 11.8 Å². The van der Waals surface area contributed by atoms with Crippen molar-refractivity contribution in [2.24, 2.45) is 11.8 Å². The van der Waals surface area contributed by atoms with Gasteiger partial charge in [-0.15, -0.1) is 23.1 Å². The van der Waals surface area contributed by atoms with Crippen LogP contribution in [0.3, 0.4) is 0 Å². The summed E-state index contributed by atoms with van der Waals surface area (Å²) < 4.78 is 8.04. The largest absolute Gasteiger partial charge is 0.456 e. The van der Waals surface area contributed by atoms with Gasteiger partial charge in [-0.2, -0.15) is 0 Å². The summed E-state index contributed by atoms with van der Waals surface area (Å²) in [6.07, 6.45) is 7.16. The van der Waals surface area contributed by atoms with Crippen LogP contribution in [-0.2, 0) is 11.2 Å². The van der Waals surface area contributed by atoms with Gasteiger partial charge in [0.15, 0.2) is 0 Å². The van der Waals surface area contributed by atoms with Gasteiger partial charge in [0.05, 0.1) is 10.9 Å². The molecule has 7 nitrogen and oxygen atoms in total. The van der Waals surface area contributed by atoms with Gasteiger partial charge in [0.2, 0.25) is 0 Å². The van der Waals surface area contributed by atoms with E-state index in [1.54, 1.807) is 0 Å². The molecule has 0 spiro atoms. The molecule has 3 aliphatic rings. The molecule has 4 heterocycles. The Hall–Kier alpha value is -2.23. The van der Waals surface area contributed by atoms with E-state index in [1.807, 2.05) is 32.5 Å². The first-order chi connectivity index (χ1) is 18.0. The van der Waals surface area contributed by atoms with E-state index in [9.17, 15) is 9.59 Å². The summed E-state index contributed by atoms with van der Waals surface area (Å²) in [5.74, 6) is 0.709. The number of esters is 1. The molecule has 2 amide bonds. The number of amides is 2. The molecule has 4 unspecified atom stereocenters. The zero-order valence-electron chi connectivity index (χ0n) is 23.3. The Bertz CT molecular complexity index is 1230. The van der Waals surface area contributed by atoms with Crippen molar-refractivity contribution in [2.45, 2.75) is 70.8 Å². The second-order valence-corrected chi connectivity index (χ2v) is 14.4. The van der Waals surface area contributed by atoms with Crippen LogP contribution in [0.5, 0.6) is 0 Å². The lowest BCUT2D eigenvalue weighted by atomic mass is 9.82. The number of carbonyl (C=O) groups excluding carboxylic acids is 2. The molecule has 2 N–H and O–H groups in total. The predicted octanol–water partition coefficient (Wildman–Crippen LogP) is 6.46. The molecule has 0 radical (unpaired) electrons. The van der Waals surface area contributed by atoms with E-state index in [1.165, 1.54) is 26.7 Å². The third-order valence-electron chi connectivity index (χ3n) is 7.62. The number of hydrogen-bond donors (Lipinski definition) is 2. The van der Waals surface area contributed by atoms with E-state index >= 15 is 0 Å². The van der Waals surface area contributed by atoms with E-state index < -0.39 is 5.60 Å². The highest BCUT2D eigenvalue weighted by atomic mass is 32.2. The lowest BCUT2D eigenvalue weighted by Gasteiger charge is -2.27. The Kier molecular flexibility index (Phi) is 7.73. The van der Waals surface area contributed by atoms with Crippen LogP contribution in [0.1, 0.15) is 79.6 Å². The zero-order chi connectivity index (χ0) is 27.2. The van der Waals surface area contributed by atoms with Crippen LogP contribution < -0.4 is 10.6 Å². The molecule has 0 bridgehead atoms.